The predicted octanol–water partition coefficient (Wildman–Crippen LogP) is 4.35. The molecular weight excluding hydrogens is 406 g/mol. The minimum atomic E-state index is -0.505. The number of aryl methyl sites for hydroxylation is 2. The molecule has 0 spiro atoms. The molecule has 0 radical (unpaired) electrons. The number of allylic oxidation sites excluding steroid dienone is 1. The van der Waals surface area contributed by atoms with E-state index in [1.807, 2.05) is 18.4 Å². The fourth-order valence-electron chi connectivity index (χ4n) is 3.07. The summed E-state index contributed by atoms with van der Waals surface area (Å²) in [5, 5.41) is 4.51. The van der Waals surface area contributed by atoms with Gasteiger partial charge in [-0.15, -0.1) is 6.58 Å². The summed E-state index contributed by atoms with van der Waals surface area (Å²) in [6, 6.07) is 8.82. The van der Waals surface area contributed by atoms with Crippen molar-refractivity contribution in [2.45, 2.75) is 33.2 Å². The summed E-state index contributed by atoms with van der Waals surface area (Å²) >= 11 is 5.87. The lowest BCUT2D eigenvalue weighted by atomic mass is 10.1. The Bertz CT molecular complexity index is 1070. The number of Topliss-reactive ketones (excluding diaryl/α,β-unsaturated/α-hetero) is 1. The van der Waals surface area contributed by atoms with Gasteiger partial charge in [-0.25, -0.2) is 0 Å². The van der Waals surface area contributed by atoms with Gasteiger partial charge in [-0.2, -0.15) is 4.98 Å². The summed E-state index contributed by atoms with van der Waals surface area (Å²) in [7, 11) is 0. The van der Waals surface area contributed by atoms with E-state index in [1.165, 1.54) is 0 Å². The Hall–Kier alpha value is -3.19. The van der Waals surface area contributed by atoms with Gasteiger partial charge in [0.15, 0.2) is 6.61 Å². The number of ketones is 1. The molecule has 8 heteroatoms. The van der Waals surface area contributed by atoms with Crippen LogP contribution in [-0.4, -0.2) is 33.1 Å². The number of halogens is 1. The minimum Gasteiger partial charge on any atom is -0.457 e. The number of nitrogens with zero attached hydrogens (tertiary/aromatic N) is 3. The van der Waals surface area contributed by atoms with E-state index in [0.29, 0.717) is 28.8 Å². The average molecular weight is 428 g/mol. The molecule has 30 heavy (non-hydrogen) atoms. The van der Waals surface area contributed by atoms with Crippen molar-refractivity contribution in [3.63, 3.8) is 0 Å². The Balaban J connectivity index is 1.51. The van der Waals surface area contributed by atoms with E-state index in [0.717, 1.165) is 17.0 Å². The van der Waals surface area contributed by atoms with Gasteiger partial charge in [0.25, 0.3) is 0 Å². The second-order valence-corrected chi connectivity index (χ2v) is 7.22. The van der Waals surface area contributed by atoms with Crippen molar-refractivity contribution in [1.82, 2.24) is 14.7 Å². The fraction of sp³-hybridized carbons (Fsp3) is 0.273. The van der Waals surface area contributed by atoms with Crippen LogP contribution in [0.1, 0.15) is 34.1 Å². The summed E-state index contributed by atoms with van der Waals surface area (Å²) in [5.41, 5.74) is 3.09. The lowest BCUT2D eigenvalue weighted by molar-refractivity contribution is -0.142. The molecule has 156 valence electrons. The molecule has 0 saturated heterocycles. The van der Waals surface area contributed by atoms with E-state index in [9.17, 15) is 9.59 Å². The molecule has 0 amide bonds. The molecule has 0 aliphatic carbocycles. The number of rotatable bonds is 9. The van der Waals surface area contributed by atoms with E-state index >= 15 is 0 Å². The Morgan fingerprint density at radius 3 is 2.70 bits per heavy atom. The van der Waals surface area contributed by atoms with E-state index in [1.54, 1.807) is 36.4 Å². The van der Waals surface area contributed by atoms with Crippen LogP contribution in [0, 0.1) is 13.8 Å². The van der Waals surface area contributed by atoms with Crippen LogP contribution in [0.3, 0.4) is 0 Å². The summed E-state index contributed by atoms with van der Waals surface area (Å²) in [5.74, 6) is -0.0136. The second-order valence-electron chi connectivity index (χ2n) is 6.79. The molecular formula is C22H22ClN3O4. The van der Waals surface area contributed by atoms with Crippen LogP contribution in [0.5, 0.6) is 0 Å². The van der Waals surface area contributed by atoms with Crippen LogP contribution in [-0.2, 0) is 22.5 Å². The van der Waals surface area contributed by atoms with Gasteiger partial charge < -0.3 is 13.8 Å². The third kappa shape index (κ3) is 5.04. The summed E-state index contributed by atoms with van der Waals surface area (Å²) in [6.07, 6.45) is 2.02. The first-order valence-electron chi connectivity index (χ1n) is 9.44. The molecule has 7 nitrogen and oxygen atoms in total. The average Bonchev–Trinajstić information content (AvgIpc) is 3.31. The van der Waals surface area contributed by atoms with E-state index < -0.39 is 5.97 Å². The van der Waals surface area contributed by atoms with Gasteiger partial charge in [0.2, 0.25) is 17.5 Å². The fourth-order valence-corrected chi connectivity index (χ4v) is 3.20. The van der Waals surface area contributed by atoms with Crippen LogP contribution in [0.15, 0.2) is 47.5 Å². The summed E-state index contributed by atoms with van der Waals surface area (Å²) in [4.78, 5) is 28.7. The zero-order valence-electron chi connectivity index (χ0n) is 16.9. The number of hydrogen-bond acceptors (Lipinski definition) is 6. The highest BCUT2D eigenvalue weighted by molar-refractivity contribution is 6.30. The summed E-state index contributed by atoms with van der Waals surface area (Å²) < 4.78 is 12.3. The quantitative estimate of drug-likeness (QED) is 0.286. The number of benzene rings is 1. The van der Waals surface area contributed by atoms with E-state index in [2.05, 4.69) is 16.7 Å². The van der Waals surface area contributed by atoms with Crippen LogP contribution in [0.4, 0.5) is 0 Å². The van der Waals surface area contributed by atoms with Crippen molar-refractivity contribution >= 4 is 23.4 Å². The molecule has 3 rings (SSSR count). The van der Waals surface area contributed by atoms with Crippen LogP contribution in [0.25, 0.3) is 11.4 Å². The molecule has 0 aliphatic rings. The van der Waals surface area contributed by atoms with Gasteiger partial charge in [-0.05, 0) is 44.2 Å². The van der Waals surface area contributed by atoms with Crippen LogP contribution >= 0.6 is 11.6 Å². The van der Waals surface area contributed by atoms with Crippen LogP contribution < -0.4 is 0 Å². The van der Waals surface area contributed by atoms with Crippen molar-refractivity contribution in [3.8, 4) is 11.4 Å². The first-order valence-corrected chi connectivity index (χ1v) is 9.81. The molecule has 1 aromatic carbocycles. The Kier molecular flexibility index (Phi) is 6.84. The Morgan fingerprint density at radius 2 is 2.00 bits per heavy atom. The van der Waals surface area contributed by atoms with Gasteiger partial charge in [-0.1, -0.05) is 22.8 Å². The standard InChI is InChI=1S/C22H22ClN3O4/c1-4-11-26-14(2)12-18(15(26)3)19(27)13-29-21(28)10-9-20-24-22(25-30-20)16-5-7-17(23)8-6-16/h4-8,12H,1,9-11,13H2,2-3H3. The van der Waals surface area contributed by atoms with Crippen LogP contribution in [0.2, 0.25) is 5.02 Å². The molecule has 2 heterocycles. The third-order valence-electron chi connectivity index (χ3n) is 4.66. The maximum absolute atomic E-state index is 12.4. The van der Waals surface area contributed by atoms with Crippen molar-refractivity contribution in [2.24, 2.45) is 0 Å². The highest BCUT2D eigenvalue weighted by Gasteiger charge is 2.17. The largest absolute Gasteiger partial charge is 0.457 e. The molecule has 0 N–H and O–H groups in total. The van der Waals surface area contributed by atoms with Gasteiger partial charge in [0.05, 0.1) is 6.42 Å². The number of aromatic nitrogens is 3. The molecule has 2 aromatic heterocycles. The van der Waals surface area contributed by atoms with Crippen molar-refractivity contribution in [1.29, 1.82) is 0 Å². The molecule has 0 bridgehead atoms. The molecule has 0 aliphatic heterocycles. The number of hydrogen-bond donors (Lipinski definition) is 0. The number of ether oxygens (including phenoxy) is 1. The molecule has 0 unspecified atom stereocenters. The monoisotopic (exact) mass is 427 g/mol. The first kappa shape index (κ1) is 21.5. The lowest BCUT2D eigenvalue weighted by Gasteiger charge is -2.06. The van der Waals surface area contributed by atoms with Crippen molar-refractivity contribution in [2.75, 3.05) is 6.61 Å². The summed E-state index contributed by atoms with van der Waals surface area (Å²) in [6.45, 7) is 7.81. The van der Waals surface area contributed by atoms with Gasteiger partial charge in [0.1, 0.15) is 0 Å². The molecule has 3 aromatic rings. The number of esters is 1. The normalized spacial score (nSPS) is 10.8. The zero-order chi connectivity index (χ0) is 21.7. The topological polar surface area (TPSA) is 87.2 Å². The van der Waals surface area contributed by atoms with E-state index in [-0.39, 0.29) is 25.2 Å². The predicted molar refractivity (Wildman–Crippen MR) is 112 cm³/mol. The smallest absolute Gasteiger partial charge is 0.306 e. The third-order valence-corrected chi connectivity index (χ3v) is 4.92. The molecule has 0 fully saturated rings. The lowest BCUT2D eigenvalue weighted by Crippen LogP contribution is -2.15. The number of carbonyl (C=O) groups excluding carboxylic acids is 2. The van der Waals surface area contributed by atoms with Gasteiger partial charge in [0, 0.05) is 40.5 Å². The van der Waals surface area contributed by atoms with Crippen molar-refractivity contribution in [3.05, 3.63) is 70.9 Å². The number of carbonyl (C=O) groups is 2. The Labute approximate surface area is 179 Å². The Morgan fingerprint density at radius 1 is 1.27 bits per heavy atom. The van der Waals surface area contributed by atoms with Gasteiger partial charge >= 0.3 is 5.97 Å². The molecule has 0 atom stereocenters. The second kappa shape index (κ2) is 9.54. The highest BCUT2D eigenvalue weighted by atomic mass is 35.5. The highest BCUT2D eigenvalue weighted by Crippen LogP contribution is 2.19. The molecule has 0 saturated carbocycles. The van der Waals surface area contributed by atoms with Gasteiger partial charge in [-0.3, -0.25) is 9.59 Å². The minimum absolute atomic E-state index is 0.0328. The van der Waals surface area contributed by atoms with Crippen molar-refractivity contribution < 1.29 is 18.8 Å². The zero-order valence-corrected chi connectivity index (χ0v) is 17.6. The SMILES string of the molecule is C=CCn1c(C)cc(C(=O)COC(=O)CCc2nc(-c3ccc(Cl)cc3)no2)c1C. The maximum Gasteiger partial charge on any atom is 0.306 e. The van der Waals surface area contributed by atoms with E-state index in [4.69, 9.17) is 20.9 Å². The first-order chi connectivity index (χ1) is 14.4. The maximum atomic E-state index is 12.4.